The number of rotatable bonds is 8. The molecule has 0 radical (unpaired) electrons. The average molecular weight is 836 g/mol. The molecule has 2 aromatic heterocycles. The van der Waals surface area contributed by atoms with Crippen LogP contribution < -0.4 is 20.9 Å². The molecule has 4 aliphatic rings. The first-order valence-electron chi connectivity index (χ1n) is 22.4. The Morgan fingerprint density at radius 2 is 1.74 bits per heavy atom. The number of nitrogen functional groups attached to an aromatic ring is 1. The number of aromatic nitrogens is 3. The van der Waals surface area contributed by atoms with E-state index in [-0.39, 0.29) is 62.5 Å². The molecule has 0 saturated carbocycles. The van der Waals surface area contributed by atoms with E-state index in [1.165, 1.54) is 6.07 Å². The van der Waals surface area contributed by atoms with Crippen molar-refractivity contribution >= 4 is 34.0 Å². The third-order valence-electron chi connectivity index (χ3n) is 13.2. The highest BCUT2D eigenvalue weighted by molar-refractivity contribution is 5.94. The number of carbonyl (C=O) groups is 1. The van der Waals surface area contributed by atoms with E-state index >= 15 is 13.2 Å². The number of carbonyl (C=O) groups excluding carboxylic acids is 1. The van der Waals surface area contributed by atoms with Gasteiger partial charge in [0.25, 0.3) is 11.8 Å². The van der Waals surface area contributed by atoms with Gasteiger partial charge >= 0.3 is 0 Å². The Bertz CT molecular complexity index is 2540. The maximum atomic E-state index is 16.4. The molecule has 3 fully saturated rings. The molecule has 3 saturated heterocycles. The largest absolute Gasteiger partial charge is 0.507 e. The van der Waals surface area contributed by atoms with Gasteiger partial charge in [0, 0.05) is 119 Å². The summed E-state index contributed by atoms with van der Waals surface area (Å²) >= 11 is 0. The average Bonchev–Trinajstić information content (AvgIpc) is 3.59. The number of anilines is 3. The number of halogens is 3. The molecular formula is C47H54F3N9O2. The van der Waals surface area contributed by atoms with Gasteiger partial charge in [-0.3, -0.25) is 10.1 Å². The number of para-hydroxylation sites is 1. The molecule has 61 heavy (non-hydrogen) atoms. The molecule has 5 aromatic rings. The van der Waals surface area contributed by atoms with Crippen molar-refractivity contribution in [1.29, 1.82) is 0 Å². The third kappa shape index (κ3) is 8.15. The first-order valence-corrected chi connectivity index (χ1v) is 21.2. The smallest absolute Gasteiger partial charge is 0.258 e. The maximum Gasteiger partial charge on any atom is 0.258 e. The lowest BCUT2D eigenvalue weighted by Gasteiger charge is -2.41. The molecule has 2 unspecified atom stereocenters. The zero-order chi connectivity index (χ0) is 44.2. The highest BCUT2D eigenvalue weighted by atomic mass is 19.3. The second-order valence-electron chi connectivity index (χ2n) is 17.2. The summed E-state index contributed by atoms with van der Waals surface area (Å²) in [6.07, 6.45) is 7.54. The van der Waals surface area contributed by atoms with E-state index < -0.39 is 37.1 Å². The molecule has 4 aliphatic heterocycles. The van der Waals surface area contributed by atoms with Crippen LogP contribution in [0.4, 0.5) is 30.4 Å². The van der Waals surface area contributed by atoms with Gasteiger partial charge in [-0.15, -0.1) is 10.2 Å². The molecule has 6 heterocycles. The van der Waals surface area contributed by atoms with Crippen LogP contribution in [0.2, 0.25) is 0 Å². The number of nitrogens with two attached hydrogens (primary N) is 1. The van der Waals surface area contributed by atoms with Crippen LogP contribution in [0.5, 0.6) is 5.75 Å². The summed E-state index contributed by atoms with van der Waals surface area (Å²) in [5.41, 5.74) is 10.7. The highest BCUT2D eigenvalue weighted by Gasteiger charge is 2.46. The Hall–Kier alpha value is -5.60. The topological polar surface area (TPSA) is 119 Å². The lowest BCUT2D eigenvalue weighted by Crippen LogP contribution is -2.51. The minimum atomic E-state index is -3.01. The van der Waals surface area contributed by atoms with Gasteiger partial charge in [-0.1, -0.05) is 24.3 Å². The Kier molecular flexibility index (Phi) is 10.3. The Labute approximate surface area is 357 Å². The van der Waals surface area contributed by atoms with Crippen molar-refractivity contribution < 1.29 is 25.8 Å². The number of alkyl halides is 3. The number of hydrogen-bond donors (Lipinski definition) is 3. The fourth-order valence-electron chi connectivity index (χ4n) is 9.72. The summed E-state index contributed by atoms with van der Waals surface area (Å²) < 4.78 is 66.4. The van der Waals surface area contributed by atoms with Gasteiger partial charge in [0.15, 0.2) is 5.82 Å². The van der Waals surface area contributed by atoms with Crippen molar-refractivity contribution in [2.24, 2.45) is 0 Å². The summed E-state index contributed by atoms with van der Waals surface area (Å²) in [5.74, 6) is -4.31. The lowest BCUT2D eigenvalue weighted by molar-refractivity contribution is -0.0425. The van der Waals surface area contributed by atoms with Crippen LogP contribution in [0.25, 0.3) is 22.2 Å². The van der Waals surface area contributed by atoms with Crippen molar-refractivity contribution in [1.82, 2.24) is 29.9 Å². The van der Waals surface area contributed by atoms with Crippen molar-refractivity contribution in [3.05, 3.63) is 107 Å². The number of hydrogen-bond acceptors (Lipinski definition) is 9. The van der Waals surface area contributed by atoms with Gasteiger partial charge in [0.05, 0.1) is 25.3 Å². The molecule has 11 nitrogen and oxygen atoms in total. The monoisotopic (exact) mass is 835 g/mol. The summed E-state index contributed by atoms with van der Waals surface area (Å²) in [6.45, 7) is 4.93. The first-order chi connectivity index (χ1) is 30.2. The van der Waals surface area contributed by atoms with Crippen LogP contribution >= 0.6 is 0 Å². The number of phenolic OH excluding ortho intramolecular Hbond substituents is 1. The number of likely N-dealkylation sites (tertiary alicyclic amines) is 2. The standard InChI is InChI=1S/C47H54F3N9O2/c1-31-24-33(8-10-36(31)39-28-57(23-16-47(39,49)50)42-26-40(53-54-44(42)51)37-6-3-4-7-43(37)60)45(61)56-21-14-46(48,15-22-56)29-55-19-12-34(13-20-55)59-27-32(2)38-25-35(9-11-41(38)59)58-18-5-17-52-30-58/h3-11,18,24-27,34,39,52,60H,12-17,19-23,28-30H2,1-2H3,(H2,51,54)/i17D,30D/t17?,30-,39?/m0/s1. The summed E-state index contributed by atoms with van der Waals surface area (Å²) in [7, 11) is 0. The highest BCUT2D eigenvalue weighted by Crippen LogP contribution is 2.44. The predicted molar refractivity (Wildman–Crippen MR) is 234 cm³/mol. The normalized spacial score (nSPS) is 23.9. The number of amides is 1. The van der Waals surface area contributed by atoms with E-state index in [1.807, 2.05) is 11.0 Å². The number of piperidine rings is 3. The van der Waals surface area contributed by atoms with Gasteiger partial charge in [-0.05, 0) is 91.9 Å². The first kappa shape index (κ1) is 38.3. The molecule has 0 bridgehead atoms. The van der Waals surface area contributed by atoms with Crippen LogP contribution in [0.3, 0.4) is 0 Å². The van der Waals surface area contributed by atoms with Gasteiger partial charge < -0.3 is 35.0 Å². The van der Waals surface area contributed by atoms with Crippen molar-refractivity contribution in [2.75, 3.05) is 74.5 Å². The molecule has 320 valence electrons. The number of nitrogens with zero attached hydrogens (tertiary/aromatic N) is 7. The molecule has 3 aromatic carbocycles. The summed E-state index contributed by atoms with van der Waals surface area (Å²) in [5, 5.41) is 22.6. The second-order valence-corrected chi connectivity index (χ2v) is 17.2. The van der Waals surface area contributed by atoms with Gasteiger partial charge in [0.1, 0.15) is 11.4 Å². The fourth-order valence-corrected chi connectivity index (χ4v) is 9.72. The van der Waals surface area contributed by atoms with E-state index in [2.05, 4.69) is 50.2 Å². The third-order valence-corrected chi connectivity index (χ3v) is 13.2. The molecule has 4 N–H and O–H groups in total. The number of aryl methyl sites for hydroxylation is 2. The maximum absolute atomic E-state index is 16.4. The Morgan fingerprint density at radius 3 is 2.49 bits per heavy atom. The number of nitrogens with one attached hydrogen (secondary N) is 1. The van der Waals surface area contributed by atoms with Crippen molar-refractivity contribution in [2.45, 2.75) is 69.5 Å². The van der Waals surface area contributed by atoms with Gasteiger partial charge in [-0.25, -0.2) is 13.2 Å². The molecule has 9 rings (SSSR count). The van der Waals surface area contributed by atoms with Crippen molar-refractivity contribution in [3.63, 3.8) is 0 Å². The molecule has 3 atom stereocenters. The van der Waals surface area contributed by atoms with Gasteiger partial charge in [0.2, 0.25) is 0 Å². The minimum absolute atomic E-state index is 0.0183. The number of aromatic hydroxyl groups is 1. The molecule has 0 aliphatic carbocycles. The van der Waals surface area contributed by atoms with E-state index in [1.54, 1.807) is 71.5 Å². The minimum Gasteiger partial charge on any atom is -0.507 e. The zero-order valence-corrected chi connectivity index (χ0v) is 34.6. The van der Waals surface area contributed by atoms with E-state index in [0.717, 1.165) is 48.1 Å². The van der Waals surface area contributed by atoms with Crippen LogP contribution in [-0.2, 0) is 0 Å². The van der Waals surface area contributed by atoms with Crippen LogP contribution in [-0.4, -0.2) is 106 Å². The van der Waals surface area contributed by atoms with Crippen LogP contribution in [0.1, 0.15) is 73.9 Å². The lowest BCUT2D eigenvalue weighted by atomic mass is 9.84. The van der Waals surface area contributed by atoms with Gasteiger partial charge in [-0.2, -0.15) is 0 Å². The van der Waals surface area contributed by atoms with Crippen molar-refractivity contribution in [3.8, 4) is 17.0 Å². The molecular weight excluding hydrogens is 780 g/mol. The van der Waals surface area contributed by atoms with Crippen LogP contribution in [0, 0.1) is 13.8 Å². The van der Waals surface area contributed by atoms with Crippen LogP contribution in [0.15, 0.2) is 85.2 Å². The van der Waals surface area contributed by atoms with E-state index in [4.69, 9.17) is 8.48 Å². The number of phenols is 1. The summed E-state index contributed by atoms with van der Waals surface area (Å²) in [6, 6.07) is 19.8. The number of fused-ring (bicyclic) bond motifs is 1. The predicted octanol–water partition coefficient (Wildman–Crippen LogP) is 7.79. The van der Waals surface area contributed by atoms with E-state index in [0.29, 0.717) is 40.2 Å². The fraction of sp³-hybridized carbons (Fsp3) is 0.426. The Morgan fingerprint density at radius 1 is 0.951 bits per heavy atom. The van der Waals surface area contributed by atoms with E-state index in [9.17, 15) is 9.90 Å². The molecule has 0 spiro atoms. The second kappa shape index (κ2) is 16.4. The quantitative estimate of drug-likeness (QED) is 0.144. The summed E-state index contributed by atoms with van der Waals surface area (Å²) in [4.78, 5) is 21.3. The Balaban J connectivity index is 0.802. The SMILES string of the molecule is [2H]C1C=CN(c2ccc3c(c2)c(C)cn3C2CCN(CC3(F)CCN(C(=O)c4ccc(C5CN(c6cc(-c7ccccc7O)nnc6N)CCC5(F)F)c(C)c4)CC3)CC2)[C@@H]([2H])N1. The molecule has 14 heteroatoms. The number of benzene rings is 3. The molecule has 1 amide bonds. The zero-order valence-electron chi connectivity index (χ0n) is 36.6.